The zero-order valence-corrected chi connectivity index (χ0v) is 44.8. The highest BCUT2D eigenvalue weighted by atomic mass is 16.5. The number of ether oxygens (including phenoxy) is 3. The van der Waals surface area contributed by atoms with E-state index in [9.17, 15) is 53.1 Å². The van der Waals surface area contributed by atoms with Crippen LogP contribution in [0.1, 0.15) is 113 Å². The van der Waals surface area contributed by atoms with Gasteiger partial charge in [0.25, 0.3) is 5.91 Å². The molecule has 21 heteroatoms. The van der Waals surface area contributed by atoms with E-state index in [1.54, 1.807) is 52.0 Å². The number of amides is 6. The van der Waals surface area contributed by atoms with E-state index in [0.717, 1.165) is 6.92 Å². The average Bonchev–Trinajstić information content (AvgIpc) is 4.04. The van der Waals surface area contributed by atoms with Crippen LogP contribution in [0.4, 0.5) is 0 Å². The molecule has 73 heavy (non-hydrogen) atoms. The molecule has 0 saturated carbocycles. The summed E-state index contributed by atoms with van der Waals surface area (Å²) in [5, 5.41) is 16.7. The van der Waals surface area contributed by atoms with Crippen molar-refractivity contribution in [1.29, 1.82) is 0 Å². The number of nitrogens with two attached hydrogens (primary N) is 1. The number of nitrogens with zero attached hydrogens (tertiary/aromatic N) is 4. The standard InChI is InChI=1S/C52H81N7O14/c1-29(2)23-36(53)49(67)59-22-14-16-39(59)51(69)57(11)41(25-34-17-19-35(71-12)20-18-34)52(70)72-28-37(46(64)55-45(32(7)8)42(62)26-44(63)73-43(27-60)31(5)6)54-47(65)40(24-30(3)4)56(10)50(68)38-15-13-21-58(38)48(66)33(9)61/h17-20,27,29-32,36-43,45,62H,13-16,21-26,28,53H2,1-12H3,(H,54,65)(H,55,64)/t36-,37-,38-,39-,40+,41-,42-,43+,45+/m0/s1. The highest BCUT2D eigenvalue weighted by molar-refractivity contribution is 6.35. The van der Waals surface area contributed by atoms with Crippen LogP contribution in [0, 0.1) is 23.7 Å². The van der Waals surface area contributed by atoms with Crippen molar-refractivity contribution in [2.75, 3.05) is 40.9 Å². The lowest BCUT2D eigenvalue weighted by molar-refractivity contribution is -0.158. The van der Waals surface area contributed by atoms with Gasteiger partial charge < -0.3 is 55.3 Å². The van der Waals surface area contributed by atoms with Gasteiger partial charge in [-0.2, -0.15) is 0 Å². The molecule has 2 fully saturated rings. The molecule has 21 nitrogen and oxygen atoms in total. The first-order chi connectivity index (χ1) is 34.2. The summed E-state index contributed by atoms with van der Waals surface area (Å²) in [7, 11) is 4.29. The van der Waals surface area contributed by atoms with Crippen LogP contribution in [0.15, 0.2) is 24.3 Å². The van der Waals surface area contributed by atoms with Crippen LogP contribution in [0.3, 0.4) is 0 Å². The molecular formula is C52H81N7O14. The minimum Gasteiger partial charge on any atom is -0.497 e. The number of nitrogens with one attached hydrogen (secondary N) is 2. The van der Waals surface area contributed by atoms with Crippen LogP contribution in [0.25, 0.3) is 0 Å². The molecule has 9 atom stereocenters. The maximum Gasteiger partial charge on any atom is 0.329 e. The number of methoxy groups -OCH3 is 1. The number of aldehydes is 1. The van der Waals surface area contributed by atoms with E-state index in [4.69, 9.17) is 19.9 Å². The fourth-order valence-corrected chi connectivity index (χ4v) is 9.11. The zero-order valence-electron chi connectivity index (χ0n) is 44.8. The lowest BCUT2D eigenvalue weighted by Gasteiger charge is -2.35. The van der Waals surface area contributed by atoms with Gasteiger partial charge in [0.1, 0.15) is 42.6 Å². The van der Waals surface area contributed by atoms with E-state index in [1.165, 1.54) is 40.8 Å². The molecule has 0 aliphatic carbocycles. The first-order valence-corrected chi connectivity index (χ1v) is 25.4. The Kier molecular flexibility index (Phi) is 23.9. The molecule has 0 aromatic heterocycles. The number of carbonyl (C=O) groups excluding carboxylic acids is 10. The third kappa shape index (κ3) is 17.3. The van der Waals surface area contributed by atoms with Crippen molar-refractivity contribution in [3.63, 3.8) is 0 Å². The van der Waals surface area contributed by atoms with Gasteiger partial charge in [-0.1, -0.05) is 67.5 Å². The van der Waals surface area contributed by atoms with E-state index < -0.39 is 121 Å². The van der Waals surface area contributed by atoms with E-state index in [1.807, 2.05) is 27.7 Å². The number of rotatable bonds is 27. The first-order valence-electron chi connectivity index (χ1n) is 25.4. The summed E-state index contributed by atoms with van der Waals surface area (Å²) in [4.78, 5) is 140. The number of benzene rings is 1. The molecule has 0 bridgehead atoms. The number of carbonyl (C=O) groups is 10. The molecule has 5 N–H and O–H groups in total. The lowest BCUT2D eigenvalue weighted by Crippen LogP contribution is -2.60. The Morgan fingerprint density at radius 2 is 1.33 bits per heavy atom. The predicted molar refractivity (Wildman–Crippen MR) is 268 cm³/mol. The van der Waals surface area contributed by atoms with E-state index in [2.05, 4.69) is 10.6 Å². The van der Waals surface area contributed by atoms with Gasteiger partial charge in [0.2, 0.25) is 35.3 Å². The van der Waals surface area contributed by atoms with Crippen LogP contribution in [0.5, 0.6) is 5.75 Å². The number of esters is 2. The highest BCUT2D eigenvalue weighted by Gasteiger charge is 2.43. The smallest absolute Gasteiger partial charge is 0.329 e. The fraction of sp³-hybridized carbons (Fsp3) is 0.692. The third-order valence-electron chi connectivity index (χ3n) is 13.4. The Hall–Kier alpha value is -5.96. The van der Waals surface area contributed by atoms with Crippen molar-refractivity contribution in [3.05, 3.63) is 29.8 Å². The monoisotopic (exact) mass is 1030 g/mol. The van der Waals surface area contributed by atoms with Crippen LogP contribution in [-0.2, 0) is 63.8 Å². The number of aliphatic hydroxyl groups is 1. The molecular weight excluding hydrogens is 947 g/mol. The normalized spacial score (nSPS) is 18.5. The number of likely N-dealkylation sites (tertiary alicyclic amines) is 2. The molecule has 0 unspecified atom stereocenters. The zero-order chi connectivity index (χ0) is 55.0. The molecule has 2 heterocycles. The van der Waals surface area contributed by atoms with Crippen LogP contribution >= 0.6 is 0 Å². The van der Waals surface area contributed by atoms with E-state index in [-0.39, 0.29) is 56.0 Å². The molecule has 0 radical (unpaired) electrons. The Labute approximate surface area is 429 Å². The molecule has 6 amide bonds. The Morgan fingerprint density at radius 3 is 1.84 bits per heavy atom. The summed E-state index contributed by atoms with van der Waals surface area (Å²) < 4.78 is 16.5. The maximum atomic E-state index is 14.6. The number of Topliss-reactive ketones (excluding diaryl/α,β-unsaturated/α-hetero) is 1. The van der Waals surface area contributed by atoms with Crippen LogP contribution in [-0.4, -0.2) is 180 Å². The Bertz CT molecular complexity index is 2100. The Morgan fingerprint density at radius 1 is 0.781 bits per heavy atom. The van der Waals surface area contributed by atoms with Gasteiger partial charge >= 0.3 is 11.9 Å². The topological polar surface area (TPSA) is 282 Å². The van der Waals surface area contributed by atoms with Gasteiger partial charge in [0.05, 0.1) is 31.7 Å². The van der Waals surface area contributed by atoms with E-state index in [0.29, 0.717) is 43.3 Å². The molecule has 2 aliphatic rings. The lowest BCUT2D eigenvalue weighted by atomic mass is 9.95. The van der Waals surface area contributed by atoms with Crippen molar-refractivity contribution in [2.45, 2.75) is 168 Å². The predicted octanol–water partition coefficient (Wildman–Crippen LogP) is 1.57. The number of hydrogen-bond donors (Lipinski definition) is 4. The minimum atomic E-state index is -1.72. The van der Waals surface area contributed by atoms with Gasteiger partial charge in [-0.3, -0.25) is 43.2 Å². The highest BCUT2D eigenvalue weighted by Crippen LogP contribution is 2.25. The molecule has 1 aromatic carbocycles. The van der Waals surface area contributed by atoms with Crippen LogP contribution in [0.2, 0.25) is 0 Å². The number of hydrogen-bond acceptors (Lipinski definition) is 15. The van der Waals surface area contributed by atoms with Gasteiger partial charge in [0, 0.05) is 40.5 Å². The van der Waals surface area contributed by atoms with Crippen molar-refractivity contribution < 1.29 is 67.3 Å². The summed E-state index contributed by atoms with van der Waals surface area (Å²) in [6, 6.07) is -1.52. The van der Waals surface area contributed by atoms with Gasteiger partial charge in [-0.05, 0) is 79.9 Å². The molecule has 408 valence electrons. The number of ketones is 1. The van der Waals surface area contributed by atoms with Crippen molar-refractivity contribution in [3.8, 4) is 5.75 Å². The number of aliphatic hydroxyl groups excluding tert-OH is 1. The van der Waals surface area contributed by atoms with Gasteiger partial charge in [-0.15, -0.1) is 0 Å². The van der Waals surface area contributed by atoms with Crippen molar-refractivity contribution in [1.82, 2.24) is 30.2 Å². The maximum absolute atomic E-state index is 14.6. The molecule has 2 saturated heterocycles. The van der Waals surface area contributed by atoms with E-state index >= 15 is 0 Å². The van der Waals surface area contributed by atoms with Gasteiger partial charge in [-0.25, -0.2) is 4.79 Å². The Balaban J connectivity index is 2.05. The molecule has 2 aliphatic heterocycles. The second-order valence-corrected chi connectivity index (χ2v) is 20.8. The molecule has 3 rings (SSSR count). The summed E-state index contributed by atoms with van der Waals surface area (Å²) >= 11 is 0. The minimum absolute atomic E-state index is 0.0725. The largest absolute Gasteiger partial charge is 0.497 e. The second-order valence-electron chi connectivity index (χ2n) is 20.8. The molecule has 0 spiro atoms. The van der Waals surface area contributed by atoms with Crippen LogP contribution < -0.4 is 21.1 Å². The molecule has 1 aromatic rings. The summed E-state index contributed by atoms with van der Waals surface area (Å²) in [6.07, 6.45) is -0.875. The summed E-state index contributed by atoms with van der Waals surface area (Å²) in [5.74, 6) is -7.24. The fourth-order valence-electron chi connectivity index (χ4n) is 9.11. The number of likely N-dealkylation sites (N-methyl/N-ethyl adjacent to an activating group) is 2. The van der Waals surface area contributed by atoms with Crippen molar-refractivity contribution >= 4 is 59.5 Å². The summed E-state index contributed by atoms with van der Waals surface area (Å²) in [6.45, 7) is 14.9. The third-order valence-corrected chi connectivity index (χ3v) is 13.4. The quantitative estimate of drug-likeness (QED) is 0.0553. The van der Waals surface area contributed by atoms with Crippen molar-refractivity contribution in [2.24, 2.45) is 29.4 Å². The average molecular weight is 1030 g/mol. The SMILES string of the molecule is COc1ccc(C[C@@H](C(=O)OC[C@H](NC(=O)[C@@H](CC(C)C)N(C)C(=O)[C@@H]2CCCN2C(=O)C(C)=O)C(=O)N[C@H](C(C)C)[C@@H](O)CC(=O)O[C@H](C=O)C(C)C)N(C)C(=O)[C@@H]2CCCN2C(=O)[C@@H](N)CC(C)C)cc1. The van der Waals surface area contributed by atoms with Gasteiger partial charge in [0.15, 0.2) is 12.4 Å². The second kappa shape index (κ2) is 28.5. The first kappa shape index (κ1) is 61.3. The summed E-state index contributed by atoms with van der Waals surface area (Å²) in [5.41, 5.74) is 6.88.